The zero-order chi connectivity index (χ0) is 23.0. The van der Waals surface area contributed by atoms with E-state index in [-0.39, 0.29) is 0 Å². The van der Waals surface area contributed by atoms with Gasteiger partial charge in [0.1, 0.15) is 5.75 Å². The highest BCUT2D eigenvalue weighted by Gasteiger charge is 2.33. The zero-order valence-corrected chi connectivity index (χ0v) is 20.0. The van der Waals surface area contributed by atoms with E-state index < -0.39 is 17.5 Å². The van der Waals surface area contributed by atoms with Gasteiger partial charge in [0.25, 0.3) is 0 Å². The number of likely N-dealkylation sites (tertiary alicyclic amines) is 1. The number of nitrogens with zero attached hydrogens (tertiary/aromatic N) is 1. The number of methoxy groups -OCH3 is 2. The maximum absolute atomic E-state index is 12.6. The maximum Gasteiger partial charge on any atom is 0.419 e. The number of halogens is 4. The Morgan fingerprint density at radius 3 is 2.19 bits per heavy atom. The van der Waals surface area contributed by atoms with Gasteiger partial charge in [-0.2, -0.15) is 13.2 Å². The largest absolute Gasteiger partial charge is 0.507 e. The smallest absolute Gasteiger partial charge is 0.419 e. The minimum absolute atomic E-state index is 0.326. The average Bonchev–Trinajstić information content (AvgIpc) is 3.26. The van der Waals surface area contributed by atoms with Gasteiger partial charge >= 0.3 is 6.18 Å². The van der Waals surface area contributed by atoms with Crippen LogP contribution < -0.4 is 14.2 Å². The molecule has 0 saturated carbocycles. The van der Waals surface area contributed by atoms with E-state index in [1.54, 1.807) is 12.1 Å². The van der Waals surface area contributed by atoms with Crippen LogP contribution in [0.1, 0.15) is 25.3 Å². The molecule has 172 valence electrons. The van der Waals surface area contributed by atoms with E-state index in [2.05, 4.69) is 32.5 Å². The van der Waals surface area contributed by atoms with Gasteiger partial charge in [0, 0.05) is 27.2 Å². The number of nitrogens with one attached hydrogen (secondary N) is 1. The summed E-state index contributed by atoms with van der Waals surface area (Å²) >= 11 is 4.53. The molecule has 5 nitrogen and oxygen atoms in total. The predicted octanol–water partition coefficient (Wildman–Crippen LogP) is 6.41. The summed E-state index contributed by atoms with van der Waals surface area (Å²) in [6, 6.07) is 6.51. The number of phenolic OH excluding ortho intramolecular Hbond substituents is 1. The molecule has 0 aliphatic carbocycles. The second-order valence-corrected chi connectivity index (χ2v) is 8.42. The van der Waals surface area contributed by atoms with Gasteiger partial charge in [0.2, 0.25) is 0 Å². The first kappa shape index (κ1) is 25.5. The lowest BCUT2D eigenvalue weighted by atomic mass is 10.2. The molecule has 3 rings (SSSR count). The molecule has 1 aliphatic rings. The average molecular weight is 523 g/mol. The topological polar surface area (TPSA) is 54.0 Å². The predicted molar refractivity (Wildman–Crippen MR) is 121 cm³/mol. The van der Waals surface area contributed by atoms with Crippen molar-refractivity contribution in [2.45, 2.75) is 30.8 Å². The molecule has 0 aromatic heterocycles. The van der Waals surface area contributed by atoms with Crippen LogP contribution in [0.4, 0.5) is 18.9 Å². The van der Waals surface area contributed by atoms with Crippen LogP contribution in [0.3, 0.4) is 0 Å². The first-order chi connectivity index (χ1) is 14.7. The summed E-state index contributed by atoms with van der Waals surface area (Å²) in [4.78, 5) is 3.21. The Balaban J connectivity index is 0.000000412. The lowest BCUT2D eigenvalue weighted by Crippen LogP contribution is -2.17. The van der Waals surface area contributed by atoms with Crippen molar-refractivity contribution in [2.24, 2.45) is 0 Å². The molecule has 2 N–H and O–H groups in total. The quantitative estimate of drug-likeness (QED) is 0.427. The number of alkyl halides is 3. The second kappa shape index (κ2) is 11.7. The van der Waals surface area contributed by atoms with Crippen molar-refractivity contribution in [2.75, 3.05) is 38.6 Å². The molecular weight excluding hydrogens is 497 g/mol. The van der Waals surface area contributed by atoms with Crippen molar-refractivity contribution in [1.82, 2.24) is 4.90 Å². The summed E-state index contributed by atoms with van der Waals surface area (Å²) in [6.07, 6.45) is -1.75. The molecule has 0 spiro atoms. The molecule has 0 atom stereocenters. The first-order valence-electron chi connectivity index (χ1n) is 9.66. The van der Waals surface area contributed by atoms with Crippen LogP contribution in [0, 0.1) is 0 Å². The Labute approximate surface area is 193 Å². The molecule has 1 fully saturated rings. The number of phenols is 1. The van der Waals surface area contributed by atoms with Crippen LogP contribution in [0.25, 0.3) is 0 Å². The Hall–Kier alpha value is -1.78. The van der Waals surface area contributed by atoms with Crippen molar-refractivity contribution < 1.29 is 27.8 Å². The van der Waals surface area contributed by atoms with Crippen LogP contribution in [0.15, 0.2) is 39.7 Å². The minimum atomic E-state index is -4.60. The zero-order valence-electron chi connectivity index (χ0n) is 17.6. The van der Waals surface area contributed by atoms with Gasteiger partial charge in [0.05, 0.1) is 19.8 Å². The molecule has 0 amide bonds. The summed E-state index contributed by atoms with van der Waals surface area (Å²) in [5.41, 5.74) is -0.752. The summed E-state index contributed by atoms with van der Waals surface area (Å²) in [5, 5.41) is 9.51. The van der Waals surface area contributed by atoms with Gasteiger partial charge in [-0.15, -0.1) is 0 Å². The van der Waals surface area contributed by atoms with E-state index >= 15 is 0 Å². The Bertz CT molecular complexity index is 862. The number of hydrogen-bond donors (Lipinski definition) is 2. The lowest BCUT2D eigenvalue weighted by molar-refractivity contribution is -0.138. The van der Waals surface area contributed by atoms with E-state index in [4.69, 9.17) is 9.47 Å². The number of rotatable bonds is 6. The van der Waals surface area contributed by atoms with Crippen molar-refractivity contribution in [3.05, 3.63) is 40.4 Å². The van der Waals surface area contributed by atoms with Crippen LogP contribution in [0.5, 0.6) is 17.2 Å². The van der Waals surface area contributed by atoms with Crippen LogP contribution >= 0.6 is 27.9 Å². The van der Waals surface area contributed by atoms with Crippen molar-refractivity contribution in [3.63, 3.8) is 0 Å². The summed E-state index contributed by atoms with van der Waals surface area (Å²) in [6.45, 7) is 6.16. The van der Waals surface area contributed by atoms with E-state index in [1.165, 1.54) is 52.8 Å². The number of hydrogen-bond acceptors (Lipinski definition) is 6. The van der Waals surface area contributed by atoms with E-state index in [0.717, 1.165) is 29.0 Å². The first-order valence-corrected chi connectivity index (χ1v) is 11.3. The fraction of sp³-hybridized carbons (Fsp3) is 0.429. The molecule has 2 aromatic carbocycles. The minimum Gasteiger partial charge on any atom is -0.507 e. The fourth-order valence-electron chi connectivity index (χ4n) is 2.96. The lowest BCUT2D eigenvalue weighted by Gasteiger charge is -2.13. The highest BCUT2D eigenvalue weighted by atomic mass is 79.9. The molecule has 1 saturated heterocycles. The summed E-state index contributed by atoms with van der Waals surface area (Å²) < 4.78 is 51.8. The Morgan fingerprint density at radius 1 is 1.10 bits per heavy atom. The van der Waals surface area contributed by atoms with Gasteiger partial charge in [-0.3, -0.25) is 0 Å². The van der Waals surface area contributed by atoms with Crippen molar-refractivity contribution >= 4 is 33.6 Å². The van der Waals surface area contributed by atoms with Gasteiger partial charge in [-0.1, -0.05) is 6.92 Å². The summed E-state index contributed by atoms with van der Waals surface area (Å²) in [5.74, 6) is 0.223. The number of anilines is 1. The number of aromatic hydroxyl groups is 1. The third-order valence-corrected chi connectivity index (χ3v) is 6.48. The molecular formula is C21H26BrF3N2O3S. The molecule has 31 heavy (non-hydrogen) atoms. The number of ether oxygens (including phenoxy) is 2. The summed E-state index contributed by atoms with van der Waals surface area (Å²) in [7, 11) is 3.02. The molecule has 0 bridgehead atoms. The highest BCUT2D eigenvalue weighted by Crippen LogP contribution is 2.40. The van der Waals surface area contributed by atoms with Gasteiger partial charge < -0.3 is 24.2 Å². The SMILES string of the molecule is CCN1CCCC1.COc1cc(Br)c(SNc2ccc(C(F)(F)F)c(O)c2)cc1OC. The van der Waals surface area contributed by atoms with E-state index in [0.29, 0.717) is 21.7 Å². The highest BCUT2D eigenvalue weighted by molar-refractivity contribution is 9.10. The maximum atomic E-state index is 12.6. The third kappa shape index (κ3) is 7.40. The molecule has 1 aliphatic heterocycles. The Kier molecular flexibility index (Phi) is 9.64. The van der Waals surface area contributed by atoms with Crippen LogP contribution in [-0.2, 0) is 6.18 Å². The van der Waals surface area contributed by atoms with Gasteiger partial charge in [0.15, 0.2) is 11.5 Å². The van der Waals surface area contributed by atoms with Crippen molar-refractivity contribution in [3.8, 4) is 17.2 Å². The standard InChI is InChI=1S/C15H13BrF3NO3S.C6H13N/c1-22-12-6-10(16)14(7-13(12)23-2)24-20-8-3-4-9(11(21)5-8)15(17,18)19;1-2-7-5-3-4-6-7/h3-7,20-21H,1-2H3;2-6H2,1H3. The van der Waals surface area contributed by atoms with Crippen molar-refractivity contribution in [1.29, 1.82) is 0 Å². The number of benzene rings is 2. The van der Waals surface area contributed by atoms with Crippen LogP contribution in [0.2, 0.25) is 0 Å². The van der Waals surface area contributed by atoms with Gasteiger partial charge in [-0.05, 0) is 78.6 Å². The molecule has 0 unspecified atom stereocenters. The normalized spacial score (nSPS) is 14.0. The monoisotopic (exact) mass is 522 g/mol. The van der Waals surface area contributed by atoms with E-state index in [9.17, 15) is 18.3 Å². The molecule has 0 radical (unpaired) electrons. The van der Waals surface area contributed by atoms with E-state index in [1.807, 2.05) is 0 Å². The van der Waals surface area contributed by atoms with Crippen LogP contribution in [-0.4, -0.2) is 43.9 Å². The molecule has 10 heteroatoms. The molecule has 1 heterocycles. The molecule has 2 aromatic rings. The second-order valence-electron chi connectivity index (χ2n) is 6.71. The fourth-order valence-corrected chi connectivity index (χ4v) is 4.20. The third-order valence-electron chi connectivity index (χ3n) is 4.67. The Morgan fingerprint density at radius 2 is 1.71 bits per heavy atom. The van der Waals surface area contributed by atoms with Gasteiger partial charge in [-0.25, -0.2) is 0 Å².